The summed E-state index contributed by atoms with van der Waals surface area (Å²) in [5.74, 6) is 0.0238. The lowest BCUT2D eigenvalue weighted by molar-refractivity contribution is -0.116. The molecule has 1 N–H and O–H groups in total. The van der Waals surface area contributed by atoms with E-state index in [2.05, 4.69) is 42.8 Å². The Labute approximate surface area is 124 Å². The van der Waals surface area contributed by atoms with Crippen molar-refractivity contribution in [3.63, 3.8) is 0 Å². The molecule has 1 fully saturated rings. The highest BCUT2D eigenvalue weighted by molar-refractivity contribution is 5.87. The largest absolute Gasteiger partial charge is 0.353 e. The Hall–Kier alpha value is -0.870. The zero-order valence-corrected chi connectivity index (χ0v) is 13.6. The van der Waals surface area contributed by atoms with Crippen molar-refractivity contribution in [1.82, 2.24) is 15.1 Å². The van der Waals surface area contributed by atoms with Gasteiger partial charge in [0.05, 0.1) is 0 Å². The van der Waals surface area contributed by atoms with Crippen LogP contribution in [-0.4, -0.2) is 61.5 Å². The fourth-order valence-corrected chi connectivity index (χ4v) is 2.23. The Balaban J connectivity index is 2.08. The maximum absolute atomic E-state index is 11.6. The molecule has 0 radical (unpaired) electrons. The van der Waals surface area contributed by atoms with Crippen LogP contribution >= 0.6 is 0 Å². The van der Waals surface area contributed by atoms with Crippen molar-refractivity contribution in [3.05, 3.63) is 12.2 Å². The molecule has 1 amide bonds. The summed E-state index contributed by atoms with van der Waals surface area (Å²) < 4.78 is 0. The Morgan fingerprint density at radius 3 is 2.30 bits per heavy atom. The highest BCUT2D eigenvalue weighted by atomic mass is 16.1. The summed E-state index contributed by atoms with van der Waals surface area (Å²) in [7, 11) is 0. The maximum atomic E-state index is 11.6. The van der Waals surface area contributed by atoms with Crippen molar-refractivity contribution in [2.24, 2.45) is 5.41 Å². The molecule has 116 valence electrons. The van der Waals surface area contributed by atoms with Gasteiger partial charge >= 0.3 is 0 Å². The number of nitrogens with one attached hydrogen (secondary N) is 1. The van der Waals surface area contributed by atoms with Gasteiger partial charge in [-0.1, -0.05) is 33.8 Å². The molecule has 0 aromatic rings. The fraction of sp³-hybridized carbons (Fsp3) is 0.812. The van der Waals surface area contributed by atoms with Gasteiger partial charge in [0.15, 0.2) is 0 Å². The average molecular weight is 281 g/mol. The van der Waals surface area contributed by atoms with Crippen LogP contribution in [0.1, 0.15) is 34.1 Å². The number of hydrogen-bond donors (Lipinski definition) is 1. The van der Waals surface area contributed by atoms with Gasteiger partial charge in [-0.05, 0) is 31.0 Å². The van der Waals surface area contributed by atoms with Crippen molar-refractivity contribution in [2.75, 3.05) is 45.8 Å². The molecule has 0 spiro atoms. The second-order valence-corrected chi connectivity index (χ2v) is 6.62. The van der Waals surface area contributed by atoms with Crippen LogP contribution in [0.5, 0.6) is 0 Å². The van der Waals surface area contributed by atoms with E-state index in [1.807, 2.05) is 6.08 Å². The zero-order chi connectivity index (χ0) is 15.0. The molecule has 0 aromatic carbocycles. The maximum Gasteiger partial charge on any atom is 0.243 e. The molecule has 1 heterocycles. The number of piperazine rings is 1. The number of hydrogen-bond acceptors (Lipinski definition) is 3. The molecule has 1 aliphatic rings. The monoisotopic (exact) mass is 281 g/mol. The first kappa shape index (κ1) is 17.2. The second kappa shape index (κ2) is 8.42. The van der Waals surface area contributed by atoms with E-state index >= 15 is 0 Å². The van der Waals surface area contributed by atoms with E-state index in [-0.39, 0.29) is 11.3 Å². The Bertz CT molecular complexity index is 312. The normalized spacial score (nSPS) is 18.6. The van der Waals surface area contributed by atoms with Gasteiger partial charge in [-0.25, -0.2) is 0 Å². The molecule has 0 bridgehead atoms. The van der Waals surface area contributed by atoms with Crippen LogP contribution in [0.15, 0.2) is 12.2 Å². The third-order valence-electron chi connectivity index (χ3n) is 3.60. The number of allylic oxidation sites excluding steroid dienone is 1. The molecule has 0 atom stereocenters. The number of likely N-dealkylation sites (N-methyl/N-ethyl adjacent to an activating group) is 1. The van der Waals surface area contributed by atoms with Crippen LogP contribution in [0.25, 0.3) is 0 Å². The van der Waals surface area contributed by atoms with Crippen LogP contribution in [0.2, 0.25) is 0 Å². The molecule has 4 heteroatoms. The molecule has 0 aromatic heterocycles. The lowest BCUT2D eigenvalue weighted by atomic mass is 9.96. The summed E-state index contributed by atoms with van der Waals surface area (Å²) in [4.78, 5) is 16.6. The lowest BCUT2D eigenvalue weighted by Crippen LogP contribution is -2.46. The van der Waals surface area contributed by atoms with Crippen LogP contribution < -0.4 is 5.32 Å². The minimum atomic E-state index is 0.0238. The fourth-order valence-electron chi connectivity index (χ4n) is 2.23. The molecular formula is C16H31N3O. The SMILES string of the molecule is CCN1CCN(CCCNC(=O)/C=C/C(C)(C)C)CC1. The summed E-state index contributed by atoms with van der Waals surface area (Å²) in [6.45, 7) is 16.2. The predicted octanol–water partition coefficient (Wildman–Crippen LogP) is 1.73. The number of amides is 1. The van der Waals surface area contributed by atoms with E-state index in [4.69, 9.17) is 0 Å². The Morgan fingerprint density at radius 2 is 1.75 bits per heavy atom. The minimum absolute atomic E-state index is 0.0238. The first-order valence-corrected chi connectivity index (χ1v) is 7.82. The molecule has 4 nitrogen and oxygen atoms in total. The average Bonchev–Trinajstić information content (AvgIpc) is 2.41. The second-order valence-electron chi connectivity index (χ2n) is 6.62. The van der Waals surface area contributed by atoms with Crippen molar-refractivity contribution >= 4 is 5.91 Å². The third-order valence-corrected chi connectivity index (χ3v) is 3.60. The van der Waals surface area contributed by atoms with Crippen LogP contribution in [0, 0.1) is 5.41 Å². The first-order valence-electron chi connectivity index (χ1n) is 7.82. The van der Waals surface area contributed by atoms with E-state index < -0.39 is 0 Å². The number of rotatable bonds is 6. The van der Waals surface area contributed by atoms with E-state index in [9.17, 15) is 4.79 Å². The minimum Gasteiger partial charge on any atom is -0.353 e. The molecule has 0 unspecified atom stereocenters. The van der Waals surface area contributed by atoms with E-state index in [1.165, 1.54) is 13.1 Å². The van der Waals surface area contributed by atoms with Gasteiger partial charge in [-0.2, -0.15) is 0 Å². The van der Waals surface area contributed by atoms with Crippen LogP contribution in [-0.2, 0) is 4.79 Å². The lowest BCUT2D eigenvalue weighted by Gasteiger charge is -2.33. The summed E-state index contributed by atoms with van der Waals surface area (Å²) >= 11 is 0. The third kappa shape index (κ3) is 7.65. The topological polar surface area (TPSA) is 35.6 Å². The van der Waals surface area contributed by atoms with Crippen LogP contribution in [0.3, 0.4) is 0 Å². The predicted molar refractivity (Wildman–Crippen MR) is 84.8 cm³/mol. The summed E-state index contributed by atoms with van der Waals surface area (Å²) in [6, 6.07) is 0. The molecule has 1 saturated heterocycles. The van der Waals surface area contributed by atoms with E-state index in [1.54, 1.807) is 6.08 Å². The summed E-state index contributed by atoms with van der Waals surface area (Å²) in [6.07, 6.45) is 4.63. The summed E-state index contributed by atoms with van der Waals surface area (Å²) in [5, 5.41) is 2.95. The molecule has 1 aliphatic heterocycles. The summed E-state index contributed by atoms with van der Waals surface area (Å²) in [5.41, 5.74) is 0.0658. The van der Waals surface area contributed by atoms with Gasteiger partial charge < -0.3 is 15.1 Å². The highest BCUT2D eigenvalue weighted by Crippen LogP contribution is 2.13. The van der Waals surface area contributed by atoms with Gasteiger partial charge in [0, 0.05) is 32.7 Å². The smallest absolute Gasteiger partial charge is 0.243 e. The highest BCUT2D eigenvalue weighted by Gasteiger charge is 2.14. The van der Waals surface area contributed by atoms with E-state index in [0.29, 0.717) is 0 Å². The molecule has 0 saturated carbocycles. The quantitative estimate of drug-likeness (QED) is 0.595. The molecule has 0 aliphatic carbocycles. The number of carbonyl (C=O) groups is 1. The molecule has 20 heavy (non-hydrogen) atoms. The Kier molecular flexibility index (Phi) is 7.24. The van der Waals surface area contributed by atoms with Gasteiger partial charge in [-0.3, -0.25) is 4.79 Å². The van der Waals surface area contributed by atoms with E-state index in [0.717, 1.165) is 39.1 Å². The van der Waals surface area contributed by atoms with Gasteiger partial charge in [-0.15, -0.1) is 0 Å². The molecular weight excluding hydrogens is 250 g/mol. The van der Waals surface area contributed by atoms with Crippen LogP contribution in [0.4, 0.5) is 0 Å². The first-order chi connectivity index (χ1) is 9.40. The van der Waals surface area contributed by atoms with Crippen molar-refractivity contribution in [3.8, 4) is 0 Å². The van der Waals surface area contributed by atoms with Crippen molar-refractivity contribution in [1.29, 1.82) is 0 Å². The standard InChI is InChI=1S/C16H31N3O/c1-5-18-11-13-19(14-12-18)10-6-9-17-15(20)7-8-16(2,3)4/h7-8H,5-6,9-14H2,1-4H3,(H,17,20)/b8-7+. The van der Waals surface area contributed by atoms with Crippen molar-refractivity contribution in [2.45, 2.75) is 34.1 Å². The Morgan fingerprint density at radius 1 is 1.15 bits per heavy atom. The van der Waals surface area contributed by atoms with Gasteiger partial charge in [0.1, 0.15) is 0 Å². The molecule has 1 rings (SSSR count). The zero-order valence-electron chi connectivity index (χ0n) is 13.6. The number of carbonyl (C=O) groups excluding carboxylic acids is 1. The number of nitrogens with zero attached hydrogens (tertiary/aromatic N) is 2. The van der Waals surface area contributed by atoms with Gasteiger partial charge in [0.2, 0.25) is 5.91 Å². The van der Waals surface area contributed by atoms with Gasteiger partial charge in [0.25, 0.3) is 0 Å². The van der Waals surface area contributed by atoms with Crippen molar-refractivity contribution < 1.29 is 4.79 Å².